The quantitative estimate of drug-likeness (QED) is 0.630. The van der Waals surface area contributed by atoms with Gasteiger partial charge in [-0.1, -0.05) is 0 Å². The van der Waals surface area contributed by atoms with Gasteiger partial charge in [0.05, 0.1) is 27.8 Å². The summed E-state index contributed by atoms with van der Waals surface area (Å²) >= 11 is 0. The predicted octanol–water partition coefficient (Wildman–Crippen LogP) is 1.05. The fourth-order valence-electron chi connectivity index (χ4n) is 3.71. The lowest BCUT2D eigenvalue weighted by Crippen LogP contribution is -2.51. The fourth-order valence-corrected chi connectivity index (χ4v) is 3.71. The molecule has 1 N–H and O–H groups in total. The molecule has 2 rings (SSSR count). The van der Waals surface area contributed by atoms with E-state index in [0.717, 1.165) is 5.56 Å². The van der Waals surface area contributed by atoms with Crippen LogP contribution < -0.4 is 4.74 Å². The number of hydrogen-bond donors (Lipinski definition) is 1. The van der Waals surface area contributed by atoms with E-state index < -0.39 is 30.2 Å². The van der Waals surface area contributed by atoms with Crippen LogP contribution >= 0.6 is 0 Å². The Bertz CT molecular complexity index is 627. The van der Waals surface area contributed by atoms with Gasteiger partial charge in [0.2, 0.25) is 6.10 Å². The number of methoxy groups -OCH3 is 1. The van der Waals surface area contributed by atoms with E-state index in [1.54, 1.807) is 7.11 Å². The Hall–Kier alpha value is -2.12. The van der Waals surface area contributed by atoms with E-state index in [2.05, 4.69) is 0 Å². The number of esters is 2. The maximum absolute atomic E-state index is 11.7. The van der Waals surface area contributed by atoms with E-state index in [0.29, 0.717) is 10.2 Å². The zero-order valence-electron chi connectivity index (χ0n) is 15.3. The van der Waals surface area contributed by atoms with Gasteiger partial charge < -0.3 is 23.8 Å². The van der Waals surface area contributed by atoms with E-state index in [4.69, 9.17) is 14.2 Å². The minimum atomic E-state index is -0.728. The van der Waals surface area contributed by atoms with Gasteiger partial charge in [-0.15, -0.1) is 0 Å². The first kappa shape index (κ1) is 19.2. The molecule has 7 nitrogen and oxygen atoms in total. The molecule has 0 unspecified atom stereocenters. The number of likely N-dealkylation sites (tertiary alicyclic amines) is 1. The third-order valence-electron chi connectivity index (χ3n) is 4.83. The lowest BCUT2D eigenvalue weighted by atomic mass is 9.99. The molecule has 1 aromatic rings. The number of carbonyl (C=O) groups is 2. The molecule has 138 valence electrons. The average molecular weight is 352 g/mol. The minimum Gasteiger partial charge on any atom is -0.497 e. The van der Waals surface area contributed by atoms with Crippen LogP contribution in [-0.2, 0) is 19.1 Å². The molecule has 1 saturated heterocycles. The first-order valence-electron chi connectivity index (χ1n) is 8.15. The second-order valence-electron chi connectivity index (χ2n) is 6.75. The Morgan fingerprint density at radius 3 is 2.00 bits per heavy atom. The summed E-state index contributed by atoms with van der Waals surface area (Å²) in [5.41, 5.74) is 0.908. The fraction of sp³-hybridized carbons (Fsp3) is 0.556. The smallest absolute Gasteiger partial charge is 0.303 e. The van der Waals surface area contributed by atoms with Crippen LogP contribution in [0.3, 0.4) is 0 Å². The molecule has 0 spiro atoms. The summed E-state index contributed by atoms with van der Waals surface area (Å²) in [6.07, 6.45) is -1.42. The van der Waals surface area contributed by atoms with Crippen LogP contribution in [-0.4, -0.2) is 67.6 Å². The van der Waals surface area contributed by atoms with Crippen molar-refractivity contribution in [2.45, 2.75) is 38.1 Å². The molecule has 0 saturated carbocycles. The van der Waals surface area contributed by atoms with Gasteiger partial charge >= 0.3 is 11.9 Å². The molecule has 0 radical (unpaired) electrons. The van der Waals surface area contributed by atoms with Crippen molar-refractivity contribution >= 4 is 11.9 Å². The van der Waals surface area contributed by atoms with Crippen molar-refractivity contribution < 1.29 is 33.4 Å². The molecule has 1 aliphatic rings. The monoisotopic (exact) mass is 352 g/mol. The highest BCUT2D eigenvalue weighted by atomic mass is 16.6. The highest BCUT2D eigenvalue weighted by Crippen LogP contribution is 2.44. The molecule has 1 fully saturated rings. The molecule has 1 aromatic carbocycles. The molecule has 0 aliphatic carbocycles. The number of nitrogens with zero attached hydrogens (tertiary/aromatic N) is 1. The molecule has 1 aliphatic heterocycles. The summed E-state index contributed by atoms with van der Waals surface area (Å²) < 4.78 is 16.5. The van der Waals surface area contributed by atoms with Crippen LogP contribution in [0.1, 0.15) is 25.5 Å². The Morgan fingerprint density at radius 1 is 1.04 bits per heavy atom. The summed E-state index contributed by atoms with van der Waals surface area (Å²) in [6, 6.07) is 6.73. The van der Waals surface area contributed by atoms with E-state index >= 15 is 0 Å². The number of ether oxygens (including phenoxy) is 3. The molecule has 1 heterocycles. The van der Waals surface area contributed by atoms with Crippen molar-refractivity contribution in [1.29, 1.82) is 0 Å². The average Bonchev–Trinajstić information content (AvgIpc) is 2.72. The largest absolute Gasteiger partial charge is 0.497 e. The zero-order valence-corrected chi connectivity index (χ0v) is 15.3. The minimum absolute atomic E-state index is 0.199. The van der Waals surface area contributed by atoms with Crippen LogP contribution in [0.25, 0.3) is 0 Å². The van der Waals surface area contributed by atoms with Crippen molar-refractivity contribution in [2.75, 3.05) is 27.8 Å². The molecular weight excluding hydrogens is 326 g/mol. The highest BCUT2D eigenvalue weighted by Gasteiger charge is 2.60. The van der Waals surface area contributed by atoms with E-state index in [1.807, 2.05) is 38.4 Å². The van der Waals surface area contributed by atoms with Crippen LogP contribution in [0.15, 0.2) is 24.3 Å². The van der Waals surface area contributed by atoms with Gasteiger partial charge in [-0.05, 0) is 24.3 Å². The molecule has 25 heavy (non-hydrogen) atoms. The lowest BCUT2D eigenvalue weighted by Gasteiger charge is -2.37. The van der Waals surface area contributed by atoms with Crippen molar-refractivity contribution in [3.05, 3.63) is 29.8 Å². The van der Waals surface area contributed by atoms with Crippen molar-refractivity contribution in [1.82, 2.24) is 0 Å². The van der Waals surface area contributed by atoms with Gasteiger partial charge in [0.25, 0.3) is 0 Å². The third-order valence-corrected chi connectivity index (χ3v) is 4.83. The maximum atomic E-state index is 11.7. The van der Waals surface area contributed by atoms with Crippen molar-refractivity contribution in [3.8, 4) is 5.75 Å². The number of likely N-dealkylation sites (N-methyl/N-ethyl adjacent to an activating group) is 1. The van der Waals surface area contributed by atoms with Gasteiger partial charge in [-0.2, -0.15) is 0 Å². The molecule has 4 atom stereocenters. The SMILES string of the molecule is COc1ccc([C@@H]2[C@@H](OC(C)=O)[C@H](OC(C)=O)[C@@H](CO)[N+]2(C)C)cc1. The van der Waals surface area contributed by atoms with Gasteiger partial charge in [0.15, 0.2) is 18.2 Å². The Kier molecular flexibility index (Phi) is 5.69. The first-order valence-corrected chi connectivity index (χ1v) is 8.15. The zero-order chi connectivity index (χ0) is 18.8. The molecule has 7 heteroatoms. The Labute approximate surface area is 147 Å². The number of benzene rings is 1. The van der Waals surface area contributed by atoms with Crippen molar-refractivity contribution in [2.24, 2.45) is 0 Å². The van der Waals surface area contributed by atoms with Crippen LogP contribution in [0.5, 0.6) is 5.75 Å². The summed E-state index contributed by atoms with van der Waals surface area (Å²) in [5, 5.41) is 9.92. The standard InChI is InChI=1S/C18H26NO6/c1-11(21)24-17-15(10-20)19(3,4)16(18(17)25-12(2)22)13-6-8-14(23-5)9-7-13/h6-9,15-18,20H,10H2,1-5H3/q+1/t15-,16-,17-,18-/m1/s1. The van der Waals surface area contributed by atoms with Gasteiger partial charge in [-0.3, -0.25) is 9.59 Å². The van der Waals surface area contributed by atoms with Gasteiger partial charge in [-0.25, -0.2) is 0 Å². The topological polar surface area (TPSA) is 82.1 Å². The summed E-state index contributed by atoms with van der Waals surface area (Å²) in [7, 11) is 5.44. The van der Waals surface area contributed by atoms with Crippen LogP contribution in [0.2, 0.25) is 0 Å². The number of rotatable bonds is 5. The van der Waals surface area contributed by atoms with Crippen LogP contribution in [0, 0.1) is 0 Å². The highest BCUT2D eigenvalue weighted by molar-refractivity contribution is 5.67. The normalized spacial score (nSPS) is 27.6. The Morgan fingerprint density at radius 2 is 1.56 bits per heavy atom. The number of aliphatic hydroxyl groups excluding tert-OH is 1. The summed E-state index contributed by atoms with van der Waals surface area (Å²) in [4.78, 5) is 23.2. The first-order chi connectivity index (χ1) is 11.7. The molecule has 0 amide bonds. The van der Waals surface area contributed by atoms with Crippen LogP contribution in [0.4, 0.5) is 0 Å². The Balaban J connectivity index is 2.50. The van der Waals surface area contributed by atoms with E-state index in [9.17, 15) is 14.7 Å². The lowest BCUT2D eigenvalue weighted by molar-refractivity contribution is -0.933. The van der Waals surface area contributed by atoms with Gasteiger partial charge in [0.1, 0.15) is 5.75 Å². The number of hydrogen-bond acceptors (Lipinski definition) is 6. The van der Waals surface area contributed by atoms with Crippen molar-refractivity contribution in [3.63, 3.8) is 0 Å². The molecule has 0 aromatic heterocycles. The predicted molar refractivity (Wildman–Crippen MR) is 89.8 cm³/mol. The van der Waals surface area contributed by atoms with E-state index in [1.165, 1.54) is 13.8 Å². The molecular formula is C18H26NO6+. The molecule has 0 bridgehead atoms. The maximum Gasteiger partial charge on any atom is 0.303 e. The second-order valence-corrected chi connectivity index (χ2v) is 6.75. The number of quaternary nitrogens is 1. The number of carbonyl (C=O) groups excluding carboxylic acids is 2. The van der Waals surface area contributed by atoms with E-state index in [-0.39, 0.29) is 12.6 Å². The summed E-state index contributed by atoms with van der Waals surface area (Å²) in [5.74, 6) is -0.221. The third kappa shape index (κ3) is 3.77. The summed E-state index contributed by atoms with van der Waals surface area (Å²) in [6.45, 7) is 2.43. The van der Waals surface area contributed by atoms with Gasteiger partial charge in [0, 0.05) is 19.4 Å². The second kappa shape index (κ2) is 7.41. The number of aliphatic hydroxyl groups is 1.